The average molecular weight is 584 g/mol. The maximum Gasteiger partial charge on any atom is 0.459 e. The number of carbonyl (C=O) groups is 1. The number of aliphatic hydroxyl groups is 1. The molecule has 0 saturated heterocycles. The summed E-state index contributed by atoms with van der Waals surface area (Å²) in [4.78, 5) is 46.3. The molecule has 5 atom stereocenters. The molecule has 218 valence electrons. The minimum Gasteiger partial charge on any atom is -0.462 e. The molecule has 14 nitrogen and oxygen atoms in total. The largest absolute Gasteiger partial charge is 0.462 e. The normalized spacial score (nSPS) is 16.2. The number of aliphatic hydroxyl groups excluding tert-OH is 1. The van der Waals surface area contributed by atoms with E-state index < -0.39 is 68.8 Å². The summed E-state index contributed by atoms with van der Waals surface area (Å²) in [5.74, 6) is -0.722. The Morgan fingerprint density at radius 1 is 1.18 bits per heavy atom. The number of benzene rings is 1. The van der Waals surface area contributed by atoms with E-state index in [1.165, 1.54) is 32.3 Å². The summed E-state index contributed by atoms with van der Waals surface area (Å²) in [5, 5.41) is 12.8. The molecule has 0 aliphatic heterocycles. The number of H-pyrrole nitrogens is 1. The molecule has 0 aliphatic rings. The highest BCUT2D eigenvalue weighted by molar-refractivity contribution is 7.52. The molecule has 3 aromatic rings. The van der Waals surface area contributed by atoms with Crippen molar-refractivity contribution >= 4 is 24.7 Å². The van der Waals surface area contributed by atoms with Crippen LogP contribution < -0.4 is 20.9 Å². The van der Waals surface area contributed by atoms with Crippen molar-refractivity contribution in [1.82, 2.24) is 24.6 Å². The Labute approximate surface area is 228 Å². The Bertz CT molecular complexity index is 1460. The third-order valence-corrected chi connectivity index (χ3v) is 6.94. The highest BCUT2D eigenvalue weighted by Gasteiger charge is 2.35. The van der Waals surface area contributed by atoms with Crippen LogP contribution in [0.1, 0.15) is 33.9 Å². The van der Waals surface area contributed by atoms with Gasteiger partial charge in [-0.2, -0.15) is 5.09 Å². The number of rotatable bonds is 14. The van der Waals surface area contributed by atoms with Crippen molar-refractivity contribution < 1.29 is 37.4 Å². The number of esters is 1. The first-order valence-electron chi connectivity index (χ1n) is 12.3. The fourth-order valence-electron chi connectivity index (χ4n) is 3.38. The van der Waals surface area contributed by atoms with E-state index in [2.05, 4.69) is 15.1 Å². The first-order valence-corrected chi connectivity index (χ1v) is 13.8. The van der Waals surface area contributed by atoms with E-state index in [-0.39, 0.29) is 11.3 Å². The molecule has 0 saturated carbocycles. The van der Waals surface area contributed by atoms with E-state index in [0.29, 0.717) is 5.52 Å². The molecule has 2 aromatic heterocycles. The number of ether oxygens (including phenoxy) is 2. The Kier molecular flexibility index (Phi) is 10.7. The minimum absolute atomic E-state index is 0.0156. The predicted molar refractivity (Wildman–Crippen MR) is 140 cm³/mol. The molecule has 16 heteroatoms. The standard InChI is InChI=1S/C24H31FN5O9P/c1-14(2)37-23(33)15(3)29-40(35,39-18-7-5-6-17-22(18)27-10-9-26-17)36-13-19(16(4)31)38-21(12-25)30-11-8-20(32)28-24(30)34/h5-11,14-16,19,21,31H,12-13H2,1-4H3,(H,29,35)(H,28,32,34)/t15-,16-,19+,21+,40?/m0/s1. The van der Waals surface area contributed by atoms with Gasteiger partial charge in [-0.25, -0.2) is 18.7 Å². The molecule has 0 bridgehead atoms. The van der Waals surface area contributed by atoms with E-state index in [9.17, 15) is 28.4 Å². The molecule has 0 fully saturated rings. The lowest BCUT2D eigenvalue weighted by atomic mass is 10.2. The van der Waals surface area contributed by atoms with E-state index in [1.54, 1.807) is 26.0 Å². The van der Waals surface area contributed by atoms with Crippen LogP contribution in [0.3, 0.4) is 0 Å². The van der Waals surface area contributed by atoms with Gasteiger partial charge in [0.25, 0.3) is 5.56 Å². The number of para-hydroxylation sites is 1. The van der Waals surface area contributed by atoms with Gasteiger partial charge in [0.1, 0.15) is 24.3 Å². The van der Waals surface area contributed by atoms with Crippen molar-refractivity contribution in [3.05, 3.63) is 63.7 Å². The van der Waals surface area contributed by atoms with Crippen molar-refractivity contribution in [2.45, 2.75) is 58.3 Å². The maximum atomic E-state index is 14.0. The van der Waals surface area contributed by atoms with E-state index in [0.717, 1.165) is 16.8 Å². The topological polar surface area (TPSA) is 184 Å². The van der Waals surface area contributed by atoms with E-state index in [4.69, 9.17) is 18.5 Å². The number of carbonyl (C=O) groups excluding carboxylic acids is 1. The number of aromatic nitrogens is 4. The highest BCUT2D eigenvalue weighted by Crippen LogP contribution is 2.46. The van der Waals surface area contributed by atoms with E-state index in [1.807, 2.05) is 4.98 Å². The van der Waals surface area contributed by atoms with Gasteiger partial charge in [-0.1, -0.05) is 6.07 Å². The van der Waals surface area contributed by atoms with Crippen molar-refractivity contribution in [3.8, 4) is 5.75 Å². The minimum atomic E-state index is -4.45. The number of hydrogen-bond donors (Lipinski definition) is 3. The van der Waals surface area contributed by atoms with Crippen LogP contribution in [0, 0.1) is 0 Å². The van der Waals surface area contributed by atoms with Gasteiger partial charge < -0.3 is 19.1 Å². The lowest BCUT2D eigenvalue weighted by Crippen LogP contribution is -2.40. The second kappa shape index (κ2) is 13.7. The molecule has 40 heavy (non-hydrogen) atoms. The number of nitrogens with zero attached hydrogens (tertiary/aromatic N) is 3. The summed E-state index contributed by atoms with van der Waals surface area (Å²) >= 11 is 0. The Balaban J connectivity index is 1.88. The SMILES string of the molecule is CC(C)OC(=O)[C@H](C)NP(=O)(OC[C@@H](O[C@H](CF)n1ccc(=O)[nH]c1=O)[C@H](C)O)Oc1cccc2nccnc12. The number of aromatic amines is 1. The molecule has 0 spiro atoms. The summed E-state index contributed by atoms with van der Waals surface area (Å²) in [5.41, 5.74) is -0.945. The number of halogens is 1. The molecule has 3 rings (SSSR count). The first kappa shape index (κ1) is 31.0. The molecule has 0 amide bonds. The van der Waals surface area contributed by atoms with Crippen molar-refractivity contribution in [2.75, 3.05) is 13.3 Å². The van der Waals surface area contributed by atoms with E-state index >= 15 is 0 Å². The number of alkyl halides is 1. The summed E-state index contributed by atoms with van der Waals surface area (Å²) in [7, 11) is -4.45. The predicted octanol–water partition coefficient (Wildman–Crippen LogP) is 1.85. The Hall–Kier alpha value is -3.49. The quantitative estimate of drug-likeness (QED) is 0.185. The van der Waals surface area contributed by atoms with Crippen molar-refractivity contribution in [1.29, 1.82) is 0 Å². The molecular weight excluding hydrogens is 552 g/mol. The van der Waals surface area contributed by atoms with Crippen LogP contribution in [0.5, 0.6) is 5.75 Å². The lowest BCUT2D eigenvalue weighted by molar-refractivity contribution is -0.149. The number of fused-ring (bicyclic) bond motifs is 1. The zero-order valence-corrected chi connectivity index (χ0v) is 23.1. The van der Waals surface area contributed by atoms with Gasteiger partial charge in [0.2, 0.25) is 0 Å². The molecule has 2 heterocycles. The summed E-state index contributed by atoms with van der Waals surface area (Å²) in [6.45, 7) is 4.13. The van der Waals surface area contributed by atoms with Crippen LogP contribution in [0.4, 0.5) is 4.39 Å². The fraction of sp³-hybridized carbons (Fsp3) is 0.458. The van der Waals surface area contributed by atoms with Gasteiger partial charge in [-0.15, -0.1) is 0 Å². The molecule has 3 N–H and O–H groups in total. The van der Waals surface area contributed by atoms with Crippen molar-refractivity contribution in [3.63, 3.8) is 0 Å². The van der Waals surface area contributed by atoms with Gasteiger partial charge >= 0.3 is 19.4 Å². The molecule has 1 aromatic carbocycles. The van der Waals surface area contributed by atoms with Crippen LogP contribution in [0.25, 0.3) is 11.0 Å². The molecule has 0 aliphatic carbocycles. The van der Waals surface area contributed by atoms with Crippen molar-refractivity contribution in [2.24, 2.45) is 0 Å². The number of nitrogens with one attached hydrogen (secondary N) is 2. The second-order valence-electron chi connectivity index (χ2n) is 8.94. The summed E-state index contributed by atoms with van der Waals surface area (Å²) in [6.07, 6.45) is -0.766. The fourth-order valence-corrected chi connectivity index (χ4v) is 4.89. The van der Waals surface area contributed by atoms with Crippen LogP contribution in [0.2, 0.25) is 0 Å². The van der Waals surface area contributed by atoms with Crippen LogP contribution in [0.15, 0.2) is 52.4 Å². The summed E-state index contributed by atoms with van der Waals surface area (Å²) in [6, 6.07) is 4.54. The average Bonchev–Trinajstić information content (AvgIpc) is 2.89. The Morgan fingerprint density at radius 2 is 1.90 bits per heavy atom. The molecule has 1 unspecified atom stereocenters. The zero-order valence-electron chi connectivity index (χ0n) is 22.2. The van der Waals surface area contributed by atoms with Crippen LogP contribution in [-0.4, -0.2) is 68.2 Å². The zero-order chi connectivity index (χ0) is 29.4. The molecular formula is C24H31FN5O9P. The van der Waals surface area contributed by atoms with Gasteiger partial charge in [0, 0.05) is 24.7 Å². The van der Waals surface area contributed by atoms with Gasteiger partial charge in [0.15, 0.2) is 12.0 Å². The first-order chi connectivity index (χ1) is 18.9. The van der Waals surface area contributed by atoms with Gasteiger partial charge in [0.05, 0.1) is 24.3 Å². The Morgan fingerprint density at radius 3 is 2.55 bits per heavy atom. The lowest BCUT2D eigenvalue weighted by Gasteiger charge is -2.28. The second-order valence-corrected chi connectivity index (χ2v) is 10.6. The number of hydrogen-bond acceptors (Lipinski definition) is 11. The summed E-state index contributed by atoms with van der Waals surface area (Å²) < 4.78 is 50.6. The third-order valence-electron chi connectivity index (χ3n) is 5.31. The van der Waals surface area contributed by atoms with Gasteiger partial charge in [-0.05, 0) is 39.8 Å². The monoisotopic (exact) mass is 583 g/mol. The highest BCUT2D eigenvalue weighted by atomic mass is 31.2. The molecule has 0 radical (unpaired) electrons. The smallest absolute Gasteiger partial charge is 0.459 e. The van der Waals surface area contributed by atoms with Crippen LogP contribution in [-0.2, 0) is 23.4 Å². The third kappa shape index (κ3) is 8.26. The van der Waals surface area contributed by atoms with Crippen LogP contribution >= 0.6 is 7.75 Å². The maximum absolute atomic E-state index is 14.0. The van der Waals surface area contributed by atoms with Gasteiger partial charge in [-0.3, -0.25) is 28.6 Å².